The van der Waals surface area contributed by atoms with Crippen molar-refractivity contribution in [3.63, 3.8) is 0 Å². The Hall–Kier alpha value is -3.47. The molecule has 5 heteroatoms. The third kappa shape index (κ3) is 3.96. The highest BCUT2D eigenvalue weighted by molar-refractivity contribution is 5.77. The Balaban J connectivity index is 1.54. The Labute approximate surface area is 182 Å². The van der Waals surface area contributed by atoms with Gasteiger partial charge in [0.1, 0.15) is 11.5 Å². The number of hydrogen-bond acceptors (Lipinski definition) is 4. The van der Waals surface area contributed by atoms with Crippen LogP contribution in [0.15, 0.2) is 54.6 Å². The van der Waals surface area contributed by atoms with Crippen LogP contribution >= 0.6 is 0 Å². The van der Waals surface area contributed by atoms with Crippen molar-refractivity contribution in [3.05, 3.63) is 76.9 Å². The van der Waals surface area contributed by atoms with E-state index in [4.69, 9.17) is 4.74 Å². The van der Waals surface area contributed by atoms with Crippen LogP contribution in [0.5, 0.6) is 11.5 Å². The standard InChI is InChI=1S/C26H27NO4/c1-15-6-4-7-16(2)24(15)21-9-5-8-18(25(21)28)13-27-19-10-11-20-22(17(3)26(29)30)14-31-23(20)12-19/h4-12,17,22,27-28H,13-14H2,1-3H3,(H,29,30)/t17?,22-/m0/s1. The van der Waals surface area contributed by atoms with Crippen molar-refractivity contribution in [2.45, 2.75) is 33.2 Å². The molecule has 0 spiro atoms. The largest absolute Gasteiger partial charge is 0.507 e. The molecule has 0 saturated carbocycles. The fourth-order valence-corrected chi connectivity index (χ4v) is 4.30. The van der Waals surface area contributed by atoms with Gasteiger partial charge in [0.05, 0.1) is 12.5 Å². The predicted molar refractivity (Wildman–Crippen MR) is 122 cm³/mol. The number of carboxylic acids is 1. The van der Waals surface area contributed by atoms with Gasteiger partial charge < -0.3 is 20.3 Å². The van der Waals surface area contributed by atoms with Crippen molar-refractivity contribution in [2.24, 2.45) is 5.92 Å². The van der Waals surface area contributed by atoms with Crippen molar-refractivity contribution in [3.8, 4) is 22.6 Å². The molecule has 0 aromatic heterocycles. The van der Waals surface area contributed by atoms with Gasteiger partial charge in [0.25, 0.3) is 0 Å². The van der Waals surface area contributed by atoms with Gasteiger partial charge >= 0.3 is 5.97 Å². The fraction of sp³-hybridized carbons (Fsp3) is 0.269. The second kappa shape index (κ2) is 8.34. The molecule has 0 fully saturated rings. The third-order valence-corrected chi connectivity index (χ3v) is 6.18. The first kappa shape index (κ1) is 20.8. The van der Waals surface area contributed by atoms with Gasteiger partial charge in [-0.1, -0.05) is 49.4 Å². The first-order chi connectivity index (χ1) is 14.9. The van der Waals surface area contributed by atoms with Crippen LogP contribution in [0, 0.1) is 19.8 Å². The minimum atomic E-state index is -0.817. The summed E-state index contributed by atoms with van der Waals surface area (Å²) >= 11 is 0. The molecule has 0 aliphatic carbocycles. The molecular formula is C26H27NO4. The number of aliphatic carboxylic acids is 1. The van der Waals surface area contributed by atoms with Gasteiger partial charge in [-0.25, -0.2) is 0 Å². The van der Waals surface area contributed by atoms with E-state index in [0.717, 1.165) is 44.8 Å². The number of ether oxygens (including phenoxy) is 1. The van der Waals surface area contributed by atoms with Gasteiger partial charge in [-0.05, 0) is 36.6 Å². The number of rotatable bonds is 6. The molecule has 160 valence electrons. The maximum atomic E-state index is 11.3. The molecule has 4 rings (SSSR count). The van der Waals surface area contributed by atoms with E-state index in [1.807, 2.05) is 42.5 Å². The van der Waals surface area contributed by atoms with Crippen molar-refractivity contribution in [1.29, 1.82) is 0 Å². The van der Waals surface area contributed by atoms with Gasteiger partial charge in [-0.2, -0.15) is 0 Å². The molecule has 1 heterocycles. The molecule has 5 nitrogen and oxygen atoms in total. The number of aromatic hydroxyl groups is 1. The van der Waals surface area contributed by atoms with E-state index in [-0.39, 0.29) is 11.7 Å². The lowest BCUT2D eigenvalue weighted by Gasteiger charge is -2.16. The van der Waals surface area contributed by atoms with E-state index in [1.165, 1.54) is 0 Å². The molecular weight excluding hydrogens is 390 g/mol. The number of anilines is 1. The molecule has 1 unspecified atom stereocenters. The number of fused-ring (bicyclic) bond motifs is 1. The van der Waals surface area contributed by atoms with E-state index in [1.54, 1.807) is 6.92 Å². The van der Waals surface area contributed by atoms with Crippen molar-refractivity contribution < 1.29 is 19.7 Å². The van der Waals surface area contributed by atoms with Crippen molar-refractivity contribution in [2.75, 3.05) is 11.9 Å². The normalized spacial score (nSPS) is 15.8. The monoisotopic (exact) mass is 417 g/mol. The maximum absolute atomic E-state index is 11.3. The van der Waals surface area contributed by atoms with Crippen LogP contribution in [0.4, 0.5) is 5.69 Å². The van der Waals surface area contributed by atoms with E-state index in [2.05, 4.69) is 31.3 Å². The first-order valence-corrected chi connectivity index (χ1v) is 10.5. The van der Waals surface area contributed by atoms with Crippen LogP contribution in [0.1, 0.15) is 35.1 Å². The Kier molecular flexibility index (Phi) is 5.59. The fourth-order valence-electron chi connectivity index (χ4n) is 4.30. The zero-order valence-corrected chi connectivity index (χ0v) is 18.0. The van der Waals surface area contributed by atoms with E-state index >= 15 is 0 Å². The summed E-state index contributed by atoms with van der Waals surface area (Å²) in [5.41, 5.74) is 6.74. The van der Waals surface area contributed by atoms with Crippen LogP contribution in [0.3, 0.4) is 0 Å². The summed E-state index contributed by atoms with van der Waals surface area (Å²) in [6, 6.07) is 17.7. The zero-order valence-electron chi connectivity index (χ0n) is 18.0. The highest BCUT2D eigenvalue weighted by atomic mass is 16.5. The van der Waals surface area contributed by atoms with Crippen LogP contribution < -0.4 is 10.1 Å². The summed E-state index contributed by atoms with van der Waals surface area (Å²) < 4.78 is 5.75. The molecule has 2 atom stereocenters. The number of nitrogens with one attached hydrogen (secondary N) is 1. The van der Waals surface area contributed by atoms with E-state index < -0.39 is 11.9 Å². The quantitative estimate of drug-likeness (QED) is 0.495. The average Bonchev–Trinajstić information content (AvgIpc) is 3.16. The SMILES string of the molecule is Cc1cccc(C)c1-c1cccc(CNc2ccc3c(c2)OC[C@H]3C(C)C(=O)O)c1O. The average molecular weight is 418 g/mol. The van der Waals surface area contributed by atoms with Gasteiger partial charge in [-0.15, -0.1) is 0 Å². The predicted octanol–water partition coefficient (Wildman–Crippen LogP) is 5.48. The summed E-state index contributed by atoms with van der Waals surface area (Å²) in [5.74, 6) is -0.455. The highest BCUT2D eigenvalue weighted by Crippen LogP contribution is 2.40. The second-order valence-corrected chi connectivity index (χ2v) is 8.23. The summed E-state index contributed by atoms with van der Waals surface area (Å²) in [5, 5.41) is 23.6. The molecule has 31 heavy (non-hydrogen) atoms. The van der Waals surface area contributed by atoms with Crippen LogP contribution in [-0.2, 0) is 11.3 Å². The Morgan fingerprint density at radius 1 is 1.13 bits per heavy atom. The van der Waals surface area contributed by atoms with E-state index in [9.17, 15) is 15.0 Å². The molecule has 1 aliphatic rings. The molecule has 0 radical (unpaired) electrons. The van der Waals surface area contributed by atoms with Gasteiger partial charge in [0, 0.05) is 40.9 Å². The number of aryl methyl sites for hydroxylation is 2. The first-order valence-electron chi connectivity index (χ1n) is 10.5. The van der Waals surface area contributed by atoms with Gasteiger partial charge in [0.15, 0.2) is 0 Å². The Morgan fingerprint density at radius 3 is 2.55 bits per heavy atom. The minimum Gasteiger partial charge on any atom is -0.507 e. The van der Waals surface area contributed by atoms with Crippen LogP contribution in [-0.4, -0.2) is 22.8 Å². The molecule has 3 aromatic rings. The molecule has 3 aromatic carbocycles. The maximum Gasteiger partial charge on any atom is 0.306 e. The van der Waals surface area contributed by atoms with Crippen molar-refractivity contribution in [1.82, 2.24) is 0 Å². The topological polar surface area (TPSA) is 78.8 Å². The number of carboxylic acid groups (broad SMARTS) is 1. The lowest BCUT2D eigenvalue weighted by atomic mass is 9.89. The van der Waals surface area contributed by atoms with Gasteiger partial charge in [0.2, 0.25) is 0 Å². The number of benzene rings is 3. The molecule has 0 bridgehead atoms. The van der Waals surface area contributed by atoms with Crippen LogP contribution in [0.25, 0.3) is 11.1 Å². The zero-order chi connectivity index (χ0) is 22.1. The number of phenols is 1. The lowest BCUT2D eigenvalue weighted by Crippen LogP contribution is -2.19. The number of para-hydroxylation sites is 1. The summed E-state index contributed by atoms with van der Waals surface area (Å²) in [7, 11) is 0. The lowest BCUT2D eigenvalue weighted by molar-refractivity contribution is -0.142. The Bertz CT molecular complexity index is 1120. The number of phenolic OH excluding ortho intramolecular Hbond substituents is 1. The van der Waals surface area contributed by atoms with Crippen molar-refractivity contribution >= 4 is 11.7 Å². The Morgan fingerprint density at radius 2 is 1.84 bits per heavy atom. The van der Waals surface area contributed by atoms with Gasteiger partial charge in [-0.3, -0.25) is 4.79 Å². The summed E-state index contributed by atoms with van der Waals surface area (Å²) in [6.07, 6.45) is 0. The molecule has 1 aliphatic heterocycles. The van der Waals surface area contributed by atoms with Crippen LogP contribution in [0.2, 0.25) is 0 Å². The summed E-state index contributed by atoms with van der Waals surface area (Å²) in [4.78, 5) is 11.3. The number of carbonyl (C=O) groups is 1. The molecule has 0 saturated heterocycles. The van der Waals surface area contributed by atoms with E-state index in [0.29, 0.717) is 13.2 Å². The third-order valence-electron chi connectivity index (χ3n) is 6.18. The second-order valence-electron chi connectivity index (χ2n) is 8.23. The molecule has 3 N–H and O–H groups in total. The highest BCUT2D eigenvalue weighted by Gasteiger charge is 2.32. The number of hydrogen-bond donors (Lipinski definition) is 3. The smallest absolute Gasteiger partial charge is 0.306 e. The summed E-state index contributed by atoms with van der Waals surface area (Å²) in [6.45, 7) is 6.65. The molecule has 0 amide bonds. The minimum absolute atomic E-state index is 0.139.